The Balaban J connectivity index is 1.61. The third-order valence-corrected chi connectivity index (χ3v) is 4.26. The van der Waals surface area contributed by atoms with Gasteiger partial charge in [-0.3, -0.25) is 0 Å². The van der Waals surface area contributed by atoms with E-state index in [1.165, 1.54) is 12.1 Å². The first kappa shape index (κ1) is 17.0. The van der Waals surface area contributed by atoms with Gasteiger partial charge >= 0.3 is 0 Å². The molecule has 5 heteroatoms. The number of nitrogens with zero attached hydrogens (tertiary/aromatic N) is 2. The van der Waals surface area contributed by atoms with Crippen molar-refractivity contribution < 1.29 is 4.39 Å². The van der Waals surface area contributed by atoms with Crippen LogP contribution in [-0.4, -0.2) is 9.97 Å². The van der Waals surface area contributed by atoms with Crippen molar-refractivity contribution in [3.05, 3.63) is 95.8 Å². The summed E-state index contributed by atoms with van der Waals surface area (Å²) in [4.78, 5) is 9.07. The van der Waals surface area contributed by atoms with Crippen molar-refractivity contribution in [1.29, 1.82) is 0 Å². The number of anilines is 2. The second-order valence-corrected chi connectivity index (χ2v) is 6.24. The normalized spacial score (nSPS) is 10.7. The van der Waals surface area contributed by atoms with E-state index in [0.717, 1.165) is 16.5 Å². The van der Waals surface area contributed by atoms with Crippen molar-refractivity contribution in [2.24, 2.45) is 0 Å². The Labute approximate surface area is 157 Å². The van der Waals surface area contributed by atoms with Gasteiger partial charge in [0.2, 0.25) is 5.95 Å². The highest BCUT2D eigenvalue weighted by molar-refractivity contribution is 5.90. The highest BCUT2D eigenvalue weighted by Gasteiger charge is 2.09. The van der Waals surface area contributed by atoms with E-state index in [1.54, 1.807) is 6.07 Å². The van der Waals surface area contributed by atoms with Gasteiger partial charge in [-0.1, -0.05) is 60.7 Å². The number of halogens is 1. The molecule has 0 amide bonds. The molecule has 27 heavy (non-hydrogen) atoms. The van der Waals surface area contributed by atoms with E-state index in [4.69, 9.17) is 0 Å². The van der Waals surface area contributed by atoms with Crippen molar-refractivity contribution >= 4 is 22.7 Å². The van der Waals surface area contributed by atoms with Crippen molar-refractivity contribution in [3.8, 4) is 0 Å². The van der Waals surface area contributed by atoms with Gasteiger partial charge in [-0.05, 0) is 23.3 Å². The van der Waals surface area contributed by atoms with Gasteiger partial charge in [0, 0.05) is 24.5 Å². The average Bonchev–Trinajstić information content (AvgIpc) is 2.71. The molecular weight excluding hydrogens is 339 g/mol. The molecule has 0 radical (unpaired) electrons. The quantitative estimate of drug-likeness (QED) is 0.510. The molecule has 0 saturated heterocycles. The topological polar surface area (TPSA) is 49.8 Å². The third-order valence-electron chi connectivity index (χ3n) is 4.26. The molecule has 0 aliphatic heterocycles. The van der Waals surface area contributed by atoms with Gasteiger partial charge in [0.25, 0.3) is 0 Å². The monoisotopic (exact) mass is 358 g/mol. The Hall–Kier alpha value is -3.47. The Bertz CT molecular complexity index is 1040. The van der Waals surface area contributed by atoms with E-state index in [2.05, 4.69) is 20.6 Å². The molecule has 2 N–H and O–H groups in total. The highest BCUT2D eigenvalue weighted by Crippen LogP contribution is 2.23. The third kappa shape index (κ3) is 4.20. The Morgan fingerprint density at radius 3 is 2.00 bits per heavy atom. The van der Waals surface area contributed by atoms with Crippen LogP contribution >= 0.6 is 0 Å². The first-order valence-electron chi connectivity index (χ1n) is 8.81. The lowest BCUT2D eigenvalue weighted by Crippen LogP contribution is -2.08. The first-order valence-corrected chi connectivity index (χ1v) is 8.81. The summed E-state index contributed by atoms with van der Waals surface area (Å²) in [5, 5.41) is 7.36. The first-order chi connectivity index (χ1) is 13.3. The zero-order valence-electron chi connectivity index (χ0n) is 14.7. The molecule has 0 atom stereocenters. The van der Waals surface area contributed by atoms with Gasteiger partial charge in [0.15, 0.2) is 0 Å². The standard InChI is InChI=1S/C22H19FN4/c23-18-11-12-19-20(13-18)26-22(25-15-17-9-5-2-6-10-17)27-21(19)24-14-16-7-3-1-4-8-16/h1-13H,14-15H2,(H2,24,25,26,27). The van der Waals surface area contributed by atoms with Gasteiger partial charge in [-0.15, -0.1) is 0 Å². The zero-order chi connectivity index (χ0) is 18.5. The van der Waals surface area contributed by atoms with E-state index in [1.807, 2.05) is 60.7 Å². The number of hydrogen-bond donors (Lipinski definition) is 2. The molecule has 0 aliphatic rings. The second-order valence-electron chi connectivity index (χ2n) is 6.24. The van der Waals surface area contributed by atoms with E-state index in [0.29, 0.717) is 30.4 Å². The van der Waals surface area contributed by atoms with Crippen LogP contribution in [0.3, 0.4) is 0 Å². The van der Waals surface area contributed by atoms with Gasteiger partial charge in [0.05, 0.1) is 5.52 Å². The van der Waals surface area contributed by atoms with Crippen LogP contribution in [0.4, 0.5) is 16.2 Å². The molecular formula is C22H19FN4. The molecule has 4 rings (SSSR count). The number of rotatable bonds is 6. The minimum absolute atomic E-state index is 0.316. The molecule has 4 nitrogen and oxygen atoms in total. The molecule has 134 valence electrons. The fourth-order valence-electron chi connectivity index (χ4n) is 2.88. The minimum Gasteiger partial charge on any atom is -0.365 e. The molecule has 0 saturated carbocycles. The largest absolute Gasteiger partial charge is 0.365 e. The van der Waals surface area contributed by atoms with Crippen LogP contribution in [0.25, 0.3) is 10.9 Å². The van der Waals surface area contributed by atoms with Gasteiger partial charge in [-0.25, -0.2) is 9.37 Å². The van der Waals surface area contributed by atoms with E-state index in [-0.39, 0.29) is 5.82 Å². The van der Waals surface area contributed by atoms with E-state index >= 15 is 0 Å². The van der Waals surface area contributed by atoms with E-state index in [9.17, 15) is 4.39 Å². The Morgan fingerprint density at radius 2 is 1.33 bits per heavy atom. The molecule has 4 aromatic rings. The SMILES string of the molecule is Fc1ccc2c(NCc3ccccc3)nc(NCc3ccccc3)nc2c1. The number of nitrogens with one attached hydrogen (secondary N) is 2. The Kier molecular flexibility index (Phi) is 4.92. The number of benzene rings is 3. The van der Waals surface area contributed by atoms with Gasteiger partial charge in [0.1, 0.15) is 11.6 Å². The molecule has 1 heterocycles. The van der Waals surface area contributed by atoms with Crippen LogP contribution < -0.4 is 10.6 Å². The smallest absolute Gasteiger partial charge is 0.225 e. The Morgan fingerprint density at radius 1 is 0.704 bits per heavy atom. The van der Waals surface area contributed by atoms with Crippen LogP contribution in [0.1, 0.15) is 11.1 Å². The van der Waals surface area contributed by atoms with Gasteiger partial charge < -0.3 is 10.6 Å². The number of hydrogen-bond acceptors (Lipinski definition) is 4. The lowest BCUT2D eigenvalue weighted by atomic mass is 10.2. The maximum atomic E-state index is 13.7. The molecule has 0 aliphatic carbocycles. The lowest BCUT2D eigenvalue weighted by Gasteiger charge is -2.12. The summed E-state index contributed by atoms with van der Waals surface area (Å²) >= 11 is 0. The molecule has 1 aromatic heterocycles. The van der Waals surface area contributed by atoms with Gasteiger partial charge in [-0.2, -0.15) is 4.98 Å². The molecule has 3 aromatic carbocycles. The molecule has 0 unspecified atom stereocenters. The maximum absolute atomic E-state index is 13.7. The summed E-state index contributed by atoms with van der Waals surface area (Å²) in [6.45, 7) is 1.22. The van der Waals surface area contributed by atoms with Crippen LogP contribution in [0, 0.1) is 5.82 Å². The van der Waals surface area contributed by atoms with Crippen LogP contribution in [0.2, 0.25) is 0 Å². The summed E-state index contributed by atoms with van der Waals surface area (Å²) in [6, 6.07) is 24.6. The summed E-state index contributed by atoms with van der Waals surface area (Å²) in [5.41, 5.74) is 2.83. The zero-order valence-corrected chi connectivity index (χ0v) is 14.7. The summed E-state index contributed by atoms with van der Waals surface area (Å²) in [7, 11) is 0. The van der Waals surface area contributed by atoms with Crippen LogP contribution in [0.5, 0.6) is 0 Å². The van der Waals surface area contributed by atoms with Crippen molar-refractivity contribution in [2.75, 3.05) is 10.6 Å². The predicted molar refractivity (Wildman–Crippen MR) is 107 cm³/mol. The van der Waals surface area contributed by atoms with Crippen LogP contribution in [0.15, 0.2) is 78.9 Å². The predicted octanol–water partition coefficient (Wildman–Crippen LogP) is 4.99. The van der Waals surface area contributed by atoms with E-state index < -0.39 is 0 Å². The molecule has 0 spiro atoms. The van der Waals surface area contributed by atoms with Crippen molar-refractivity contribution in [3.63, 3.8) is 0 Å². The molecule has 0 fully saturated rings. The van der Waals surface area contributed by atoms with Crippen molar-refractivity contribution in [2.45, 2.75) is 13.1 Å². The fourth-order valence-corrected chi connectivity index (χ4v) is 2.88. The number of aromatic nitrogens is 2. The summed E-state index contributed by atoms with van der Waals surface area (Å²) < 4.78 is 13.7. The second kappa shape index (κ2) is 7.83. The number of fused-ring (bicyclic) bond motifs is 1. The summed E-state index contributed by atoms with van der Waals surface area (Å²) in [5.74, 6) is 0.830. The fraction of sp³-hybridized carbons (Fsp3) is 0.0909. The van der Waals surface area contributed by atoms with Crippen LogP contribution in [-0.2, 0) is 13.1 Å². The minimum atomic E-state index is -0.316. The molecule has 0 bridgehead atoms. The van der Waals surface area contributed by atoms with Crippen molar-refractivity contribution in [1.82, 2.24) is 9.97 Å². The average molecular weight is 358 g/mol. The summed E-state index contributed by atoms with van der Waals surface area (Å²) in [6.07, 6.45) is 0. The highest BCUT2D eigenvalue weighted by atomic mass is 19.1. The maximum Gasteiger partial charge on any atom is 0.225 e. The lowest BCUT2D eigenvalue weighted by molar-refractivity contribution is 0.629.